The Morgan fingerprint density at radius 2 is 1.55 bits per heavy atom. The number of nitrogens with one attached hydrogen (secondary N) is 1. The molecular weight excluding hydrogens is 386 g/mol. The maximum Gasteiger partial charge on any atom is 0.306 e. The third kappa shape index (κ3) is 4.81. The van der Waals surface area contributed by atoms with Crippen LogP contribution in [0, 0.1) is 11.6 Å². The molecule has 2 aromatic rings. The van der Waals surface area contributed by atoms with Gasteiger partial charge in [-0.2, -0.15) is 0 Å². The molecule has 150 valence electrons. The van der Waals surface area contributed by atoms with Gasteiger partial charge >= 0.3 is 5.97 Å². The fourth-order valence-corrected chi connectivity index (χ4v) is 2.87. The normalized spacial score (nSPS) is 12.7. The third-order valence-corrected chi connectivity index (χ3v) is 4.15. The summed E-state index contributed by atoms with van der Waals surface area (Å²) < 4.78 is 30.9. The molecule has 0 saturated carbocycles. The first-order chi connectivity index (χ1) is 13.8. The number of carbonyl (C=O) groups excluding carboxylic acids is 4. The van der Waals surface area contributed by atoms with Crippen LogP contribution >= 0.6 is 0 Å². The molecule has 0 saturated heterocycles. The molecule has 0 aromatic heterocycles. The standard InChI is InChI=1S/C20H16F2N2O5/c21-12-8-13(22)10-14(9-12)23-17(25)11-29-18(26)6-3-7-24-19(27)15-4-1-2-5-16(15)20(24)28/h1-2,4-5,8-10H,3,6-7,11H2,(H,23,25). The number of nitrogens with zero attached hydrogens (tertiary/aromatic N) is 1. The third-order valence-electron chi connectivity index (χ3n) is 4.15. The molecule has 1 heterocycles. The van der Waals surface area contributed by atoms with Crippen LogP contribution in [0.4, 0.5) is 14.5 Å². The quantitative estimate of drug-likeness (QED) is 0.568. The highest BCUT2D eigenvalue weighted by molar-refractivity contribution is 6.21. The van der Waals surface area contributed by atoms with E-state index in [-0.39, 0.29) is 25.1 Å². The molecule has 3 amide bonds. The van der Waals surface area contributed by atoms with Crippen molar-refractivity contribution in [2.45, 2.75) is 12.8 Å². The average Bonchev–Trinajstić information content (AvgIpc) is 2.91. The number of ether oxygens (including phenoxy) is 1. The zero-order chi connectivity index (χ0) is 21.0. The van der Waals surface area contributed by atoms with Crippen molar-refractivity contribution in [1.29, 1.82) is 0 Å². The summed E-state index contributed by atoms with van der Waals surface area (Å²) in [6, 6.07) is 8.95. The van der Waals surface area contributed by atoms with E-state index in [2.05, 4.69) is 5.32 Å². The minimum absolute atomic E-state index is 0.0379. The van der Waals surface area contributed by atoms with Crippen molar-refractivity contribution >= 4 is 29.4 Å². The van der Waals surface area contributed by atoms with Gasteiger partial charge in [-0.05, 0) is 30.7 Å². The van der Waals surface area contributed by atoms with Crippen LogP contribution in [-0.4, -0.2) is 41.7 Å². The van der Waals surface area contributed by atoms with E-state index in [1.807, 2.05) is 0 Å². The molecule has 0 unspecified atom stereocenters. The van der Waals surface area contributed by atoms with Crippen molar-refractivity contribution in [3.8, 4) is 0 Å². The van der Waals surface area contributed by atoms with E-state index in [0.717, 1.165) is 17.0 Å². The maximum atomic E-state index is 13.1. The second-order valence-corrected chi connectivity index (χ2v) is 6.28. The van der Waals surface area contributed by atoms with Crippen molar-refractivity contribution in [2.24, 2.45) is 0 Å². The Morgan fingerprint density at radius 3 is 2.14 bits per heavy atom. The summed E-state index contributed by atoms with van der Waals surface area (Å²) in [6.45, 7) is -0.597. The second-order valence-electron chi connectivity index (χ2n) is 6.28. The molecule has 7 nitrogen and oxygen atoms in total. The number of imide groups is 1. The van der Waals surface area contributed by atoms with Crippen LogP contribution in [0.3, 0.4) is 0 Å². The molecule has 0 atom stereocenters. The number of benzene rings is 2. The number of amides is 3. The molecular formula is C20H16F2N2O5. The number of hydrogen-bond donors (Lipinski definition) is 1. The summed E-state index contributed by atoms with van der Waals surface area (Å²) in [5.41, 5.74) is 0.547. The highest BCUT2D eigenvalue weighted by Gasteiger charge is 2.34. The van der Waals surface area contributed by atoms with Gasteiger partial charge in [-0.3, -0.25) is 24.1 Å². The molecule has 1 N–H and O–H groups in total. The van der Waals surface area contributed by atoms with Crippen LogP contribution < -0.4 is 5.32 Å². The van der Waals surface area contributed by atoms with Gasteiger partial charge in [0.2, 0.25) is 0 Å². The summed E-state index contributed by atoms with van der Waals surface area (Å²) in [7, 11) is 0. The maximum absolute atomic E-state index is 13.1. The van der Waals surface area contributed by atoms with E-state index in [9.17, 15) is 28.0 Å². The van der Waals surface area contributed by atoms with Crippen LogP contribution in [0.2, 0.25) is 0 Å². The van der Waals surface area contributed by atoms with Crippen molar-refractivity contribution in [3.63, 3.8) is 0 Å². The fraction of sp³-hybridized carbons (Fsp3) is 0.200. The van der Waals surface area contributed by atoms with Crippen LogP contribution in [0.15, 0.2) is 42.5 Å². The fourth-order valence-electron chi connectivity index (χ4n) is 2.87. The molecule has 0 fully saturated rings. The first-order valence-electron chi connectivity index (χ1n) is 8.72. The Hall–Kier alpha value is -3.62. The monoisotopic (exact) mass is 402 g/mol. The molecule has 9 heteroatoms. The Kier molecular flexibility index (Phi) is 5.96. The Bertz CT molecular complexity index is 937. The SMILES string of the molecule is O=C(COC(=O)CCCN1C(=O)c2ccccc2C1=O)Nc1cc(F)cc(F)c1. The van der Waals surface area contributed by atoms with E-state index < -0.39 is 41.9 Å². The minimum Gasteiger partial charge on any atom is -0.456 e. The van der Waals surface area contributed by atoms with E-state index in [4.69, 9.17) is 4.74 Å². The summed E-state index contributed by atoms with van der Waals surface area (Å²) >= 11 is 0. The van der Waals surface area contributed by atoms with Crippen LogP contribution in [-0.2, 0) is 14.3 Å². The van der Waals surface area contributed by atoms with Crippen molar-refractivity contribution in [3.05, 3.63) is 65.2 Å². The predicted octanol–water partition coefficient (Wildman–Crippen LogP) is 2.52. The number of halogens is 2. The number of esters is 1. The van der Waals surface area contributed by atoms with Crippen LogP contribution in [0.25, 0.3) is 0 Å². The van der Waals surface area contributed by atoms with Gasteiger partial charge < -0.3 is 10.1 Å². The predicted molar refractivity (Wildman–Crippen MR) is 97.0 cm³/mol. The van der Waals surface area contributed by atoms with Gasteiger partial charge in [-0.15, -0.1) is 0 Å². The van der Waals surface area contributed by atoms with Gasteiger partial charge in [0, 0.05) is 24.7 Å². The minimum atomic E-state index is -0.856. The van der Waals surface area contributed by atoms with Gasteiger partial charge in [-0.1, -0.05) is 12.1 Å². The Morgan fingerprint density at radius 1 is 0.966 bits per heavy atom. The largest absolute Gasteiger partial charge is 0.456 e. The molecule has 1 aliphatic heterocycles. The number of carbonyl (C=O) groups is 4. The summed E-state index contributed by atoms with van der Waals surface area (Å²) in [6.07, 6.45) is 0.0519. The molecule has 0 bridgehead atoms. The van der Waals surface area contributed by atoms with Gasteiger partial charge in [0.05, 0.1) is 11.1 Å². The van der Waals surface area contributed by atoms with Crippen LogP contribution in [0.5, 0.6) is 0 Å². The van der Waals surface area contributed by atoms with Crippen molar-refractivity contribution < 1.29 is 32.7 Å². The van der Waals surface area contributed by atoms with Gasteiger partial charge in [0.15, 0.2) is 6.61 Å². The smallest absolute Gasteiger partial charge is 0.306 e. The Labute approximate surface area is 164 Å². The zero-order valence-corrected chi connectivity index (χ0v) is 15.1. The van der Waals surface area contributed by atoms with Gasteiger partial charge in [-0.25, -0.2) is 8.78 Å². The number of hydrogen-bond acceptors (Lipinski definition) is 5. The lowest BCUT2D eigenvalue weighted by Gasteiger charge is -2.13. The van der Waals surface area contributed by atoms with E-state index in [0.29, 0.717) is 17.2 Å². The highest BCUT2D eigenvalue weighted by Crippen LogP contribution is 2.22. The topological polar surface area (TPSA) is 92.8 Å². The summed E-state index contributed by atoms with van der Waals surface area (Å²) in [5, 5.41) is 2.21. The van der Waals surface area contributed by atoms with Gasteiger partial charge in [0.1, 0.15) is 11.6 Å². The average molecular weight is 402 g/mol. The molecule has 3 rings (SSSR count). The molecule has 29 heavy (non-hydrogen) atoms. The first kappa shape index (κ1) is 20.1. The number of anilines is 1. The van der Waals surface area contributed by atoms with Crippen molar-refractivity contribution in [2.75, 3.05) is 18.5 Å². The number of fused-ring (bicyclic) bond motifs is 1. The highest BCUT2D eigenvalue weighted by atomic mass is 19.1. The summed E-state index contributed by atoms with van der Waals surface area (Å²) in [5.74, 6) is -4.01. The Balaban J connectivity index is 1.41. The van der Waals surface area contributed by atoms with E-state index in [1.54, 1.807) is 24.3 Å². The van der Waals surface area contributed by atoms with Crippen LogP contribution in [0.1, 0.15) is 33.6 Å². The molecule has 2 aromatic carbocycles. The zero-order valence-electron chi connectivity index (χ0n) is 15.1. The lowest BCUT2D eigenvalue weighted by atomic mass is 10.1. The number of rotatable bonds is 7. The molecule has 0 aliphatic carbocycles. The second kappa shape index (κ2) is 8.59. The molecule has 1 aliphatic rings. The van der Waals surface area contributed by atoms with E-state index in [1.165, 1.54) is 0 Å². The molecule has 0 radical (unpaired) electrons. The lowest BCUT2D eigenvalue weighted by molar-refractivity contribution is -0.147. The van der Waals surface area contributed by atoms with Crippen molar-refractivity contribution in [1.82, 2.24) is 4.90 Å². The lowest BCUT2D eigenvalue weighted by Crippen LogP contribution is -2.31. The molecule has 0 spiro atoms. The first-order valence-corrected chi connectivity index (χ1v) is 8.72. The summed E-state index contributed by atoms with van der Waals surface area (Å²) in [4.78, 5) is 48.9. The van der Waals surface area contributed by atoms with Gasteiger partial charge in [0.25, 0.3) is 17.7 Å². The van der Waals surface area contributed by atoms with E-state index >= 15 is 0 Å².